The lowest BCUT2D eigenvalue weighted by Gasteiger charge is -2.13. The number of hydrogen-bond donors (Lipinski definition) is 2. The van der Waals surface area contributed by atoms with Gasteiger partial charge in [-0.25, -0.2) is 0 Å². The van der Waals surface area contributed by atoms with Crippen molar-refractivity contribution in [2.24, 2.45) is 5.92 Å². The molecule has 1 heterocycles. The van der Waals surface area contributed by atoms with Crippen molar-refractivity contribution < 1.29 is 19.4 Å². The third-order valence-corrected chi connectivity index (χ3v) is 3.72. The molecule has 0 aliphatic carbocycles. The van der Waals surface area contributed by atoms with E-state index in [0.29, 0.717) is 24.3 Å². The summed E-state index contributed by atoms with van der Waals surface area (Å²) in [5.74, 6) is -1.20. The zero-order valence-electron chi connectivity index (χ0n) is 14.1. The predicted molar refractivity (Wildman–Crippen MR) is 93.4 cm³/mol. The fourth-order valence-electron chi connectivity index (χ4n) is 2.36. The summed E-state index contributed by atoms with van der Waals surface area (Å²) in [7, 11) is 0. The summed E-state index contributed by atoms with van der Waals surface area (Å²) in [5, 5.41) is 11.8. The first-order valence-corrected chi connectivity index (χ1v) is 8.23. The summed E-state index contributed by atoms with van der Waals surface area (Å²) in [4.78, 5) is 27.4. The van der Waals surface area contributed by atoms with Crippen LogP contribution in [0.4, 0.5) is 0 Å². The van der Waals surface area contributed by atoms with Crippen molar-refractivity contribution in [3.05, 3.63) is 59.9 Å². The molecule has 1 aromatic heterocycles. The highest BCUT2D eigenvalue weighted by Gasteiger charge is 2.17. The number of hydrogen-bond acceptors (Lipinski definition) is 4. The van der Waals surface area contributed by atoms with Crippen LogP contribution in [-0.2, 0) is 11.4 Å². The van der Waals surface area contributed by atoms with Crippen LogP contribution < -0.4 is 10.1 Å². The molecule has 6 heteroatoms. The number of nitrogens with one attached hydrogen (secondary N) is 1. The summed E-state index contributed by atoms with van der Waals surface area (Å²) < 4.78 is 5.67. The Kier molecular flexibility index (Phi) is 6.95. The number of carboxylic acids is 1. The van der Waals surface area contributed by atoms with Crippen molar-refractivity contribution >= 4 is 11.9 Å². The normalized spacial score (nSPS) is 11.6. The van der Waals surface area contributed by atoms with Crippen molar-refractivity contribution in [1.29, 1.82) is 0 Å². The number of carboxylic acid groups (broad SMARTS) is 1. The second-order valence-corrected chi connectivity index (χ2v) is 5.71. The molecule has 132 valence electrons. The molecule has 0 spiro atoms. The van der Waals surface area contributed by atoms with Gasteiger partial charge in [0, 0.05) is 30.1 Å². The monoisotopic (exact) mass is 342 g/mol. The highest BCUT2D eigenvalue weighted by molar-refractivity contribution is 5.94. The van der Waals surface area contributed by atoms with E-state index in [-0.39, 0.29) is 12.5 Å². The van der Waals surface area contributed by atoms with Gasteiger partial charge in [0.2, 0.25) is 0 Å². The Balaban J connectivity index is 1.93. The number of nitrogens with zero attached hydrogens (tertiary/aromatic N) is 1. The topological polar surface area (TPSA) is 88.5 Å². The van der Waals surface area contributed by atoms with E-state index < -0.39 is 11.9 Å². The van der Waals surface area contributed by atoms with Crippen molar-refractivity contribution in [2.75, 3.05) is 6.54 Å². The lowest BCUT2D eigenvalue weighted by Crippen LogP contribution is -2.32. The predicted octanol–water partition coefficient (Wildman–Crippen LogP) is 2.89. The minimum absolute atomic E-state index is 0.114. The fraction of sp³-hybridized carbons (Fsp3) is 0.316. The second-order valence-electron chi connectivity index (χ2n) is 5.71. The van der Waals surface area contributed by atoms with E-state index in [1.165, 1.54) is 0 Å². The van der Waals surface area contributed by atoms with Gasteiger partial charge in [-0.15, -0.1) is 0 Å². The average Bonchev–Trinajstić information content (AvgIpc) is 2.64. The first-order chi connectivity index (χ1) is 12.1. The number of pyridine rings is 1. The van der Waals surface area contributed by atoms with Crippen LogP contribution in [0.2, 0.25) is 0 Å². The Morgan fingerprint density at radius 3 is 2.80 bits per heavy atom. The molecule has 0 fully saturated rings. The molecule has 0 bridgehead atoms. The maximum absolute atomic E-state index is 12.2. The number of aliphatic carboxylic acids is 1. The molecule has 1 unspecified atom stereocenters. The van der Waals surface area contributed by atoms with Crippen molar-refractivity contribution in [3.63, 3.8) is 0 Å². The Hall–Kier alpha value is -2.89. The van der Waals surface area contributed by atoms with E-state index in [1.54, 1.807) is 36.7 Å². The van der Waals surface area contributed by atoms with Gasteiger partial charge in [0.15, 0.2) is 0 Å². The molecule has 1 aromatic carbocycles. The van der Waals surface area contributed by atoms with Crippen LogP contribution in [0.15, 0.2) is 48.8 Å². The molecule has 2 aromatic rings. The van der Waals surface area contributed by atoms with Gasteiger partial charge in [-0.2, -0.15) is 0 Å². The first kappa shape index (κ1) is 18.4. The molecule has 2 rings (SSSR count). The van der Waals surface area contributed by atoms with Crippen LogP contribution >= 0.6 is 0 Å². The van der Waals surface area contributed by atoms with Crippen LogP contribution in [-0.4, -0.2) is 28.5 Å². The number of aromatic nitrogens is 1. The first-order valence-electron chi connectivity index (χ1n) is 8.23. The summed E-state index contributed by atoms with van der Waals surface area (Å²) in [6.07, 6.45) is 4.70. The summed E-state index contributed by atoms with van der Waals surface area (Å²) in [6, 6.07) is 10.5. The van der Waals surface area contributed by atoms with Gasteiger partial charge in [-0.05, 0) is 30.7 Å². The Morgan fingerprint density at radius 1 is 1.28 bits per heavy atom. The van der Waals surface area contributed by atoms with E-state index >= 15 is 0 Å². The smallest absolute Gasteiger partial charge is 0.308 e. The molecule has 6 nitrogen and oxygen atoms in total. The molecule has 25 heavy (non-hydrogen) atoms. The minimum atomic E-state index is -0.893. The lowest BCUT2D eigenvalue weighted by molar-refractivity contribution is -0.141. The number of carbonyl (C=O) groups is 2. The molecule has 1 atom stereocenters. The third kappa shape index (κ3) is 5.91. The van der Waals surface area contributed by atoms with E-state index in [1.807, 2.05) is 19.1 Å². The van der Waals surface area contributed by atoms with Gasteiger partial charge in [0.25, 0.3) is 5.91 Å². The quantitative estimate of drug-likeness (QED) is 0.731. The molecule has 0 saturated heterocycles. The van der Waals surface area contributed by atoms with E-state index in [4.69, 9.17) is 9.84 Å². The molecule has 2 N–H and O–H groups in total. The van der Waals surface area contributed by atoms with Gasteiger partial charge in [-0.3, -0.25) is 14.6 Å². The Bertz CT molecular complexity index is 704. The van der Waals surface area contributed by atoms with Crippen LogP contribution in [0, 0.1) is 5.92 Å². The largest absolute Gasteiger partial charge is 0.489 e. The number of carbonyl (C=O) groups excluding carboxylic acids is 1. The fourth-order valence-corrected chi connectivity index (χ4v) is 2.36. The summed E-state index contributed by atoms with van der Waals surface area (Å²) >= 11 is 0. The lowest BCUT2D eigenvalue weighted by atomic mass is 10.0. The minimum Gasteiger partial charge on any atom is -0.489 e. The van der Waals surface area contributed by atoms with E-state index in [2.05, 4.69) is 10.3 Å². The molecule has 0 aliphatic rings. The van der Waals surface area contributed by atoms with Crippen LogP contribution in [0.5, 0.6) is 5.75 Å². The second kappa shape index (κ2) is 9.42. The Labute approximate surface area is 146 Å². The van der Waals surface area contributed by atoms with Crippen molar-refractivity contribution in [3.8, 4) is 5.75 Å². The van der Waals surface area contributed by atoms with Gasteiger partial charge in [0.05, 0.1) is 5.92 Å². The molecule has 0 saturated carbocycles. The zero-order chi connectivity index (χ0) is 18.1. The number of benzene rings is 1. The maximum Gasteiger partial charge on any atom is 0.308 e. The van der Waals surface area contributed by atoms with Gasteiger partial charge in [-0.1, -0.05) is 25.5 Å². The third-order valence-electron chi connectivity index (χ3n) is 3.72. The van der Waals surface area contributed by atoms with Gasteiger partial charge >= 0.3 is 5.97 Å². The highest BCUT2D eigenvalue weighted by Crippen LogP contribution is 2.15. The SMILES string of the molecule is CCCC(CNC(=O)c1cccc(OCc2cccnc2)c1)C(=O)O. The van der Waals surface area contributed by atoms with E-state index in [9.17, 15) is 9.59 Å². The number of ether oxygens (including phenoxy) is 1. The van der Waals surface area contributed by atoms with Crippen molar-refractivity contribution in [2.45, 2.75) is 26.4 Å². The van der Waals surface area contributed by atoms with Gasteiger partial charge < -0.3 is 15.2 Å². The number of amides is 1. The van der Waals surface area contributed by atoms with Crippen LogP contribution in [0.25, 0.3) is 0 Å². The molecule has 1 amide bonds. The van der Waals surface area contributed by atoms with E-state index in [0.717, 1.165) is 12.0 Å². The summed E-state index contributed by atoms with van der Waals surface area (Å²) in [6.45, 7) is 2.39. The maximum atomic E-state index is 12.2. The summed E-state index contributed by atoms with van der Waals surface area (Å²) in [5.41, 5.74) is 1.37. The van der Waals surface area contributed by atoms with Crippen LogP contribution in [0.3, 0.4) is 0 Å². The van der Waals surface area contributed by atoms with Crippen LogP contribution in [0.1, 0.15) is 35.7 Å². The Morgan fingerprint density at radius 2 is 2.12 bits per heavy atom. The standard InChI is InChI=1S/C19H22N2O4/c1-2-5-16(19(23)24)12-21-18(22)15-7-3-8-17(10-15)25-13-14-6-4-9-20-11-14/h3-4,6-11,16H,2,5,12-13H2,1H3,(H,21,22)(H,23,24). The van der Waals surface area contributed by atoms with Gasteiger partial charge in [0.1, 0.15) is 12.4 Å². The number of rotatable bonds is 9. The highest BCUT2D eigenvalue weighted by atomic mass is 16.5. The average molecular weight is 342 g/mol. The van der Waals surface area contributed by atoms with Crippen molar-refractivity contribution in [1.82, 2.24) is 10.3 Å². The molecular formula is C19H22N2O4. The zero-order valence-corrected chi connectivity index (χ0v) is 14.1. The molecular weight excluding hydrogens is 320 g/mol. The molecule has 0 aliphatic heterocycles. The molecule has 0 radical (unpaired) electrons.